The van der Waals surface area contributed by atoms with Gasteiger partial charge in [-0.3, -0.25) is 0 Å². The van der Waals surface area contributed by atoms with Crippen molar-refractivity contribution in [1.82, 2.24) is 0 Å². The van der Waals surface area contributed by atoms with Gasteiger partial charge in [0, 0.05) is 6.61 Å². The highest BCUT2D eigenvalue weighted by molar-refractivity contribution is 5.32. The Morgan fingerprint density at radius 1 is 1.20 bits per heavy atom. The van der Waals surface area contributed by atoms with Gasteiger partial charge in [0.05, 0.1) is 13.2 Å². The van der Waals surface area contributed by atoms with Crippen molar-refractivity contribution in [3.8, 4) is 0 Å². The quantitative estimate of drug-likeness (QED) is 0.389. The van der Waals surface area contributed by atoms with Gasteiger partial charge in [-0.25, -0.2) is 9.79 Å². The minimum Gasteiger partial charge on any atom is -0.377 e. The van der Waals surface area contributed by atoms with E-state index in [2.05, 4.69) is 4.99 Å². The third kappa shape index (κ3) is 5.78. The number of benzene rings is 1. The predicted molar refractivity (Wildman–Crippen MR) is 58.3 cm³/mol. The lowest BCUT2D eigenvalue weighted by atomic mass is 10.2. The lowest BCUT2D eigenvalue weighted by Crippen LogP contribution is -1.96. The number of ether oxygens (including phenoxy) is 1. The van der Waals surface area contributed by atoms with Crippen LogP contribution in [0.1, 0.15) is 18.4 Å². The maximum Gasteiger partial charge on any atom is 0.234 e. The zero-order chi connectivity index (χ0) is 10.8. The van der Waals surface area contributed by atoms with Gasteiger partial charge in [0.1, 0.15) is 0 Å². The molecule has 0 saturated heterocycles. The summed E-state index contributed by atoms with van der Waals surface area (Å²) in [7, 11) is 0. The van der Waals surface area contributed by atoms with E-state index in [0.29, 0.717) is 19.8 Å². The molecule has 1 rings (SSSR count). The number of hydrogen-bond acceptors (Lipinski definition) is 3. The Morgan fingerprint density at radius 3 is 2.73 bits per heavy atom. The normalized spacial score (nSPS) is 9.60. The summed E-state index contributed by atoms with van der Waals surface area (Å²) < 4.78 is 5.46. The molecule has 0 fully saturated rings. The third-order valence-corrected chi connectivity index (χ3v) is 1.98. The molecule has 0 unspecified atom stereocenters. The molecule has 0 aliphatic carbocycles. The van der Waals surface area contributed by atoms with Gasteiger partial charge in [-0.05, 0) is 18.4 Å². The Morgan fingerprint density at radius 2 is 2.00 bits per heavy atom. The van der Waals surface area contributed by atoms with Crippen molar-refractivity contribution in [2.24, 2.45) is 4.99 Å². The molecule has 15 heavy (non-hydrogen) atoms. The molecule has 3 nitrogen and oxygen atoms in total. The number of carbonyl (C=O) groups excluding carboxylic acids is 1. The van der Waals surface area contributed by atoms with Gasteiger partial charge in [0.2, 0.25) is 6.08 Å². The maximum atomic E-state index is 9.76. The molecule has 0 spiro atoms. The van der Waals surface area contributed by atoms with Crippen LogP contribution >= 0.6 is 0 Å². The van der Waals surface area contributed by atoms with E-state index < -0.39 is 0 Å². The van der Waals surface area contributed by atoms with Crippen LogP contribution in [0, 0.1) is 0 Å². The summed E-state index contributed by atoms with van der Waals surface area (Å²) in [6.07, 6.45) is 3.33. The average molecular weight is 205 g/mol. The molecule has 0 amide bonds. The highest BCUT2D eigenvalue weighted by Crippen LogP contribution is 2.01. The van der Waals surface area contributed by atoms with Crippen LogP contribution in [-0.4, -0.2) is 19.2 Å². The molecule has 3 heteroatoms. The molecular weight excluding hydrogens is 190 g/mol. The van der Waals surface area contributed by atoms with Gasteiger partial charge in [-0.1, -0.05) is 30.3 Å². The molecule has 0 aromatic heterocycles. The fourth-order valence-corrected chi connectivity index (χ4v) is 1.20. The van der Waals surface area contributed by atoms with Crippen LogP contribution in [0.5, 0.6) is 0 Å². The molecule has 0 aliphatic heterocycles. The summed E-state index contributed by atoms with van der Waals surface area (Å²) in [5.74, 6) is 0. The Balaban J connectivity index is 2.00. The fourth-order valence-electron chi connectivity index (χ4n) is 1.20. The van der Waals surface area contributed by atoms with Gasteiger partial charge < -0.3 is 4.74 Å². The molecular formula is C12H15NO2. The van der Waals surface area contributed by atoms with Crippen molar-refractivity contribution in [3.63, 3.8) is 0 Å². The van der Waals surface area contributed by atoms with Gasteiger partial charge >= 0.3 is 0 Å². The lowest BCUT2D eigenvalue weighted by Gasteiger charge is -2.02. The van der Waals surface area contributed by atoms with Gasteiger partial charge in [-0.15, -0.1) is 0 Å². The summed E-state index contributed by atoms with van der Waals surface area (Å²) in [6.45, 7) is 1.92. The lowest BCUT2D eigenvalue weighted by molar-refractivity contribution is 0.117. The fraction of sp³-hybridized carbons (Fsp3) is 0.417. The first-order valence-electron chi connectivity index (χ1n) is 5.09. The van der Waals surface area contributed by atoms with E-state index in [1.807, 2.05) is 30.3 Å². The zero-order valence-electron chi connectivity index (χ0n) is 8.69. The van der Waals surface area contributed by atoms with Crippen LogP contribution in [0.25, 0.3) is 0 Å². The molecule has 0 N–H and O–H groups in total. The summed E-state index contributed by atoms with van der Waals surface area (Å²) in [5.41, 5.74) is 1.18. The van der Waals surface area contributed by atoms with Crippen LogP contribution in [0.15, 0.2) is 35.3 Å². The first-order chi connectivity index (χ1) is 7.43. The Bertz CT molecular complexity index is 305. The third-order valence-electron chi connectivity index (χ3n) is 1.98. The van der Waals surface area contributed by atoms with Crippen LogP contribution in [0.4, 0.5) is 0 Å². The van der Waals surface area contributed by atoms with Crippen molar-refractivity contribution >= 4 is 6.08 Å². The molecule has 1 aromatic carbocycles. The number of unbranched alkanes of at least 4 members (excludes halogenated alkanes) is 1. The Kier molecular flexibility index (Phi) is 6.14. The van der Waals surface area contributed by atoms with Gasteiger partial charge in [0.15, 0.2) is 0 Å². The molecule has 80 valence electrons. The molecule has 0 atom stereocenters. The number of aliphatic imine (C=N–C) groups is 1. The summed E-state index contributed by atoms with van der Waals surface area (Å²) >= 11 is 0. The van der Waals surface area contributed by atoms with Crippen LogP contribution < -0.4 is 0 Å². The highest BCUT2D eigenvalue weighted by Gasteiger charge is 1.91. The van der Waals surface area contributed by atoms with E-state index in [1.165, 1.54) is 11.6 Å². The molecule has 0 bridgehead atoms. The maximum absolute atomic E-state index is 9.76. The zero-order valence-corrected chi connectivity index (χ0v) is 8.69. The molecule has 0 heterocycles. The summed E-state index contributed by atoms with van der Waals surface area (Å²) in [6, 6.07) is 10.1. The number of nitrogens with zero attached hydrogens (tertiary/aromatic N) is 1. The van der Waals surface area contributed by atoms with E-state index >= 15 is 0 Å². The average Bonchev–Trinajstić information content (AvgIpc) is 2.29. The van der Waals surface area contributed by atoms with Crippen molar-refractivity contribution in [2.45, 2.75) is 19.4 Å². The molecule has 0 aliphatic rings. The minimum absolute atomic E-state index is 0.554. The van der Waals surface area contributed by atoms with E-state index in [0.717, 1.165) is 12.8 Å². The van der Waals surface area contributed by atoms with E-state index in [-0.39, 0.29) is 0 Å². The monoisotopic (exact) mass is 205 g/mol. The highest BCUT2D eigenvalue weighted by atomic mass is 16.5. The second-order valence-corrected chi connectivity index (χ2v) is 3.22. The summed E-state index contributed by atoms with van der Waals surface area (Å²) in [5, 5.41) is 0. The summed E-state index contributed by atoms with van der Waals surface area (Å²) in [4.78, 5) is 13.2. The van der Waals surface area contributed by atoms with E-state index in [4.69, 9.17) is 4.74 Å². The number of rotatable bonds is 7. The second-order valence-electron chi connectivity index (χ2n) is 3.22. The van der Waals surface area contributed by atoms with Gasteiger partial charge in [-0.2, -0.15) is 0 Å². The topological polar surface area (TPSA) is 38.7 Å². The van der Waals surface area contributed by atoms with Crippen LogP contribution in [0.3, 0.4) is 0 Å². The molecule has 0 saturated carbocycles. The van der Waals surface area contributed by atoms with Gasteiger partial charge in [0.25, 0.3) is 0 Å². The second kappa shape index (κ2) is 7.92. The van der Waals surface area contributed by atoms with Crippen molar-refractivity contribution in [3.05, 3.63) is 35.9 Å². The van der Waals surface area contributed by atoms with Crippen molar-refractivity contribution in [1.29, 1.82) is 0 Å². The van der Waals surface area contributed by atoms with Crippen molar-refractivity contribution in [2.75, 3.05) is 13.2 Å². The molecule has 1 aromatic rings. The van der Waals surface area contributed by atoms with E-state index in [9.17, 15) is 4.79 Å². The number of hydrogen-bond donors (Lipinski definition) is 0. The number of isocyanates is 1. The van der Waals surface area contributed by atoms with E-state index in [1.54, 1.807) is 0 Å². The Labute approximate surface area is 89.8 Å². The standard InChI is InChI=1S/C12H15NO2/c14-11-13-8-4-5-9-15-10-12-6-2-1-3-7-12/h1-3,6-7H,4-5,8-10H2. The minimum atomic E-state index is 0.554. The van der Waals surface area contributed by atoms with Crippen LogP contribution in [-0.2, 0) is 16.1 Å². The largest absolute Gasteiger partial charge is 0.377 e. The first kappa shape index (κ1) is 11.6. The molecule has 0 radical (unpaired) electrons. The Hall–Kier alpha value is -1.44. The first-order valence-corrected chi connectivity index (χ1v) is 5.09. The predicted octanol–water partition coefficient (Wildman–Crippen LogP) is 2.32. The van der Waals surface area contributed by atoms with Crippen molar-refractivity contribution < 1.29 is 9.53 Å². The smallest absolute Gasteiger partial charge is 0.234 e. The van der Waals surface area contributed by atoms with Crippen LogP contribution in [0.2, 0.25) is 0 Å². The SMILES string of the molecule is O=C=NCCCCOCc1ccccc1.